The van der Waals surface area contributed by atoms with Crippen LogP contribution in [0.4, 0.5) is 0 Å². The van der Waals surface area contributed by atoms with Crippen LogP contribution >= 0.6 is 0 Å². The van der Waals surface area contributed by atoms with Crippen molar-refractivity contribution in [2.24, 2.45) is 0 Å². The highest BCUT2D eigenvalue weighted by Crippen LogP contribution is 2.20. The van der Waals surface area contributed by atoms with Crippen LogP contribution in [0.5, 0.6) is 0 Å². The van der Waals surface area contributed by atoms with Gasteiger partial charge in [-0.25, -0.2) is 0 Å². The summed E-state index contributed by atoms with van der Waals surface area (Å²) < 4.78 is 5.00. The average Bonchev–Trinajstić information content (AvgIpc) is 2.63. The van der Waals surface area contributed by atoms with E-state index in [9.17, 15) is 4.79 Å². The third-order valence-corrected chi connectivity index (χ3v) is 1.51. The molecule has 1 fully saturated rings. The van der Waals surface area contributed by atoms with E-state index in [-0.39, 0.29) is 11.9 Å². The first-order valence-electron chi connectivity index (χ1n) is 3.58. The first-order chi connectivity index (χ1) is 4.75. The van der Waals surface area contributed by atoms with Crippen LogP contribution in [0.3, 0.4) is 0 Å². The van der Waals surface area contributed by atoms with Crippen LogP contribution in [0.15, 0.2) is 11.6 Å². The van der Waals surface area contributed by atoms with Crippen LogP contribution < -0.4 is 0 Å². The molecule has 0 radical (unpaired) electrons. The minimum absolute atomic E-state index is 0.123. The second-order valence-electron chi connectivity index (χ2n) is 2.45. The van der Waals surface area contributed by atoms with Gasteiger partial charge in [-0.2, -0.15) is 0 Å². The third kappa shape index (κ3) is 1.67. The topological polar surface area (TPSA) is 29.6 Å². The van der Waals surface area contributed by atoms with Crippen molar-refractivity contribution in [3.8, 4) is 0 Å². The predicted molar refractivity (Wildman–Crippen MR) is 38.8 cm³/mol. The number of Topliss-reactive ketones (excluding diaryl/α,β-unsaturated/α-hetero) is 1. The SMILES string of the molecule is CCC=C(C(C)=O)C1CO1. The van der Waals surface area contributed by atoms with Crippen LogP contribution in [0.1, 0.15) is 20.3 Å². The number of hydrogen-bond acceptors (Lipinski definition) is 2. The molecule has 1 saturated heterocycles. The maximum absolute atomic E-state index is 10.9. The quantitative estimate of drug-likeness (QED) is 0.437. The molecule has 0 amide bonds. The molecule has 1 rings (SSSR count). The van der Waals surface area contributed by atoms with E-state index in [0.29, 0.717) is 0 Å². The zero-order valence-corrected chi connectivity index (χ0v) is 6.39. The zero-order valence-electron chi connectivity index (χ0n) is 6.39. The number of carbonyl (C=O) groups is 1. The van der Waals surface area contributed by atoms with Gasteiger partial charge in [0.2, 0.25) is 0 Å². The Morgan fingerprint density at radius 3 is 2.70 bits per heavy atom. The number of epoxide rings is 1. The van der Waals surface area contributed by atoms with Crippen molar-refractivity contribution >= 4 is 5.78 Å². The summed E-state index contributed by atoms with van der Waals surface area (Å²) >= 11 is 0. The van der Waals surface area contributed by atoms with E-state index in [4.69, 9.17) is 4.74 Å². The van der Waals surface area contributed by atoms with Crippen molar-refractivity contribution in [3.05, 3.63) is 11.6 Å². The lowest BCUT2D eigenvalue weighted by molar-refractivity contribution is -0.113. The fourth-order valence-electron chi connectivity index (χ4n) is 0.949. The number of allylic oxidation sites excluding steroid dienone is 1. The molecular weight excluding hydrogens is 128 g/mol. The van der Waals surface area contributed by atoms with Gasteiger partial charge in [0.15, 0.2) is 5.78 Å². The van der Waals surface area contributed by atoms with E-state index in [2.05, 4.69) is 0 Å². The van der Waals surface area contributed by atoms with Gasteiger partial charge in [0.25, 0.3) is 0 Å². The summed E-state index contributed by atoms with van der Waals surface area (Å²) in [7, 11) is 0. The Morgan fingerprint density at radius 2 is 2.40 bits per heavy atom. The molecule has 1 aliphatic heterocycles. The lowest BCUT2D eigenvalue weighted by Crippen LogP contribution is -2.02. The number of rotatable bonds is 3. The van der Waals surface area contributed by atoms with Gasteiger partial charge in [-0.05, 0) is 13.3 Å². The molecule has 0 saturated carbocycles. The third-order valence-electron chi connectivity index (χ3n) is 1.51. The largest absolute Gasteiger partial charge is 0.368 e. The Kier molecular flexibility index (Phi) is 2.22. The second-order valence-corrected chi connectivity index (χ2v) is 2.45. The minimum atomic E-state index is 0.123. The lowest BCUT2D eigenvalue weighted by Gasteiger charge is -1.95. The molecule has 1 unspecified atom stereocenters. The van der Waals surface area contributed by atoms with Gasteiger partial charge in [0, 0.05) is 5.57 Å². The maximum Gasteiger partial charge on any atom is 0.158 e. The number of hydrogen-bond donors (Lipinski definition) is 0. The Morgan fingerprint density at radius 1 is 1.80 bits per heavy atom. The van der Waals surface area contributed by atoms with Gasteiger partial charge in [-0.3, -0.25) is 4.79 Å². The molecule has 1 aliphatic rings. The van der Waals surface area contributed by atoms with Crippen molar-refractivity contribution in [2.75, 3.05) is 6.61 Å². The van der Waals surface area contributed by atoms with Gasteiger partial charge >= 0.3 is 0 Å². The van der Waals surface area contributed by atoms with E-state index in [1.54, 1.807) is 6.92 Å². The summed E-state index contributed by atoms with van der Waals surface area (Å²) in [5.74, 6) is 0.143. The van der Waals surface area contributed by atoms with Crippen LogP contribution in [-0.2, 0) is 9.53 Å². The zero-order chi connectivity index (χ0) is 7.56. The van der Waals surface area contributed by atoms with Gasteiger partial charge in [-0.1, -0.05) is 13.0 Å². The van der Waals surface area contributed by atoms with Crippen LogP contribution in [0.2, 0.25) is 0 Å². The Bertz CT molecular complexity index is 166. The minimum Gasteiger partial charge on any atom is -0.368 e. The fraction of sp³-hybridized carbons (Fsp3) is 0.625. The van der Waals surface area contributed by atoms with E-state index in [0.717, 1.165) is 18.6 Å². The lowest BCUT2D eigenvalue weighted by atomic mass is 10.1. The number of carbonyl (C=O) groups excluding carboxylic acids is 1. The van der Waals surface area contributed by atoms with Crippen LogP contribution in [-0.4, -0.2) is 18.5 Å². The number of ether oxygens (including phenoxy) is 1. The molecule has 0 N–H and O–H groups in total. The Balaban J connectivity index is 2.58. The first-order valence-corrected chi connectivity index (χ1v) is 3.58. The van der Waals surface area contributed by atoms with Crippen molar-refractivity contribution in [1.29, 1.82) is 0 Å². The Hall–Kier alpha value is -0.630. The highest BCUT2D eigenvalue weighted by atomic mass is 16.6. The predicted octanol–water partition coefficient (Wildman–Crippen LogP) is 1.31. The summed E-state index contributed by atoms with van der Waals surface area (Å²) in [6.07, 6.45) is 2.98. The molecule has 0 aromatic rings. The van der Waals surface area contributed by atoms with E-state index < -0.39 is 0 Å². The van der Waals surface area contributed by atoms with Crippen molar-refractivity contribution < 1.29 is 9.53 Å². The highest BCUT2D eigenvalue weighted by molar-refractivity contribution is 5.94. The molecule has 0 aromatic carbocycles. The first kappa shape index (κ1) is 7.48. The van der Waals surface area contributed by atoms with Gasteiger partial charge in [0.1, 0.15) is 6.10 Å². The molecule has 56 valence electrons. The molecule has 1 heterocycles. The summed E-state index contributed by atoms with van der Waals surface area (Å²) in [6, 6.07) is 0. The van der Waals surface area contributed by atoms with E-state index >= 15 is 0 Å². The van der Waals surface area contributed by atoms with Crippen molar-refractivity contribution in [3.63, 3.8) is 0 Å². The molecular formula is C8H12O2. The molecule has 2 heteroatoms. The van der Waals surface area contributed by atoms with Crippen molar-refractivity contribution in [2.45, 2.75) is 26.4 Å². The summed E-state index contributed by atoms with van der Waals surface area (Å²) in [4.78, 5) is 10.9. The Labute approximate surface area is 60.9 Å². The fourth-order valence-corrected chi connectivity index (χ4v) is 0.949. The van der Waals surface area contributed by atoms with E-state index in [1.165, 1.54) is 0 Å². The van der Waals surface area contributed by atoms with Gasteiger partial charge < -0.3 is 4.74 Å². The van der Waals surface area contributed by atoms with Gasteiger partial charge in [0.05, 0.1) is 6.61 Å². The van der Waals surface area contributed by atoms with Crippen molar-refractivity contribution in [1.82, 2.24) is 0 Å². The summed E-state index contributed by atoms with van der Waals surface area (Å²) in [5.41, 5.74) is 0.850. The normalized spacial score (nSPS) is 24.6. The van der Waals surface area contributed by atoms with Crippen LogP contribution in [0.25, 0.3) is 0 Å². The highest BCUT2D eigenvalue weighted by Gasteiger charge is 2.29. The average molecular weight is 140 g/mol. The molecule has 0 bridgehead atoms. The monoisotopic (exact) mass is 140 g/mol. The summed E-state index contributed by atoms with van der Waals surface area (Å²) in [6.45, 7) is 4.33. The molecule has 1 atom stereocenters. The molecule has 2 nitrogen and oxygen atoms in total. The van der Waals surface area contributed by atoms with Crippen LogP contribution in [0, 0.1) is 0 Å². The maximum atomic E-state index is 10.9. The van der Waals surface area contributed by atoms with Gasteiger partial charge in [-0.15, -0.1) is 0 Å². The standard InChI is InChI=1S/C8H12O2/c1-3-4-7(6(2)9)8-5-10-8/h4,8H,3,5H2,1-2H3. The molecule has 0 aromatic heterocycles. The smallest absolute Gasteiger partial charge is 0.158 e. The molecule has 10 heavy (non-hydrogen) atoms. The summed E-state index contributed by atoms with van der Waals surface area (Å²) in [5, 5.41) is 0. The molecule has 0 spiro atoms. The molecule has 0 aliphatic carbocycles. The number of ketones is 1. The second kappa shape index (κ2) is 2.97. The van der Waals surface area contributed by atoms with E-state index in [1.807, 2.05) is 13.0 Å².